The van der Waals surface area contributed by atoms with E-state index in [1.807, 2.05) is 48.5 Å². The van der Waals surface area contributed by atoms with Gasteiger partial charge in [0.2, 0.25) is 0 Å². The van der Waals surface area contributed by atoms with Gasteiger partial charge in [-0.15, -0.1) is 0 Å². The molecule has 0 aromatic heterocycles. The van der Waals surface area contributed by atoms with Crippen molar-refractivity contribution in [3.8, 4) is 11.5 Å². The van der Waals surface area contributed by atoms with Crippen LogP contribution in [-0.2, 0) is 0 Å². The molecule has 0 fully saturated rings. The maximum absolute atomic E-state index is 8.83. The summed E-state index contributed by atoms with van der Waals surface area (Å²) in [7, 11) is 0. The van der Waals surface area contributed by atoms with Crippen LogP contribution in [0.3, 0.4) is 0 Å². The molecule has 0 atom stereocenters. The highest BCUT2D eigenvalue weighted by Crippen LogP contribution is 2.28. The fourth-order valence-corrected chi connectivity index (χ4v) is 2.18. The van der Waals surface area contributed by atoms with Gasteiger partial charge in [-0.05, 0) is 35.0 Å². The molecule has 3 aromatic carbocycles. The third-order valence-electron chi connectivity index (χ3n) is 3.22. The molecule has 0 bridgehead atoms. The molecule has 104 valence electrons. The van der Waals surface area contributed by atoms with Crippen LogP contribution in [0.1, 0.15) is 5.56 Å². The van der Waals surface area contributed by atoms with Gasteiger partial charge in [-0.2, -0.15) is 0 Å². The summed E-state index contributed by atoms with van der Waals surface area (Å²) in [4.78, 5) is 0. The Morgan fingerprint density at radius 3 is 2.43 bits per heavy atom. The highest BCUT2D eigenvalue weighted by atomic mass is 16.5. The van der Waals surface area contributed by atoms with E-state index in [4.69, 9.17) is 15.7 Å². The molecule has 0 heterocycles. The summed E-state index contributed by atoms with van der Waals surface area (Å²) in [6.07, 6.45) is 0. The smallest absolute Gasteiger partial charge is 0.173 e. The minimum absolute atomic E-state index is 0.0198. The van der Waals surface area contributed by atoms with E-state index in [0.29, 0.717) is 17.1 Å². The summed E-state index contributed by atoms with van der Waals surface area (Å²) in [6, 6.07) is 21.1. The maximum Gasteiger partial charge on any atom is 0.173 e. The van der Waals surface area contributed by atoms with E-state index in [9.17, 15) is 0 Å². The van der Waals surface area contributed by atoms with Crippen LogP contribution in [0.4, 0.5) is 0 Å². The first-order valence-corrected chi connectivity index (χ1v) is 6.51. The molecular formula is C17H14N2O2. The predicted molar refractivity (Wildman–Crippen MR) is 83.0 cm³/mol. The molecule has 3 N–H and O–H groups in total. The van der Waals surface area contributed by atoms with Crippen LogP contribution in [-0.4, -0.2) is 11.0 Å². The number of nitrogens with zero attached hydrogens (tertiary/aromatic N) is 1. The van der Waals surface area contributed by atoms with Gasteiger partial charge in [0.1, 0.15) is 11.5 Å². The lowest BCUT2D eigenvalue weighted by Crippen LogP contribution is -2.14. The number of para-hydroxylation sites is 1. The zero-order valence-electron chi connectivity index (χ0n) is 11.2. The molecule has 0 radical (unpaired) electrons. The van der Waals surface area contributed by atoms with Gasteiger partial charge in [0.15, 0.2) is 5.84 Å². The number of oxime groups is 1. The minimum atomic E-state index is 0.0198. The maximum atomic E-state index is 8.83. The lowest BCUT2D eigenvalue weighted by atomic mass is 10.1. The van der Waals surface area contributed by atoms with Crippen molar-refractivity contribution in [1.29, 1.82) is 0 Å². The summed E-state index contributed by atoms with van der Waals surface area (Å²) in [5.41, 5.74) is 6.21. The van der Waals surface area contributed by atoms with E-state index in [1.54, 1.807) is 18.2 Å². The number of rotatable bonds is 3. The molecule has 4 nitrogen and oxygen atoms in total. The van der Waals surface area contributed by atoms with Crippen molar-refractivity contribution in [3.63, 3.8) is 0 Å². The van der Waals surface area contributed by atoms with Gasteiger partial charge in [-0.25, -0.2) is 0 Å². The highest BCUT2D eigenvalue weighted by Gasteiger charge is 2.08. The van der Waals surface area contributed by atoms with Crippen molar-refractivity contribution < 1.29 is 9.94 Å². The first-order valence-electron chi connectivity index (χ1n) is 6.51. The zero-order chi connectivity index (χ0) is 14.7. The van der Waals surface area contributed by atoms with Gasteiger partial charge >= 0.3 is 0 Å². The van der Waals surface area contributed by atoms with E-state index in [0.717, 1.165) is 10.8 Å². The molecule has 21 heavy (non-hydrogen) atoms. The van der Waals surface area contributed by atoms with Crippen molar-refractivity contribution in [3.05, 3.63) is 72.3 Å². The standard InChI is InChI=1S/C17H14N2O2/c18-17(19-20)15-7-3-4-8-16(15)21-14-10-9-12-5-1-2-6-13(12)11-14/h1-11,20H,(H2,18,19). The summed E-state index contributed by atoms with van der Waals surface area (Å²) < 4.78 is 5.87. The van der Waals surface area contributed by atoms with E-state index < -0.39 is 0 Å². The second kappa shape index (κ2) is 5.54. The van der Waals surface area contributed by atoms with Gasteiger partial charge in [0.25, 0.3) is 0 Å². The monoisotopic (exact) mass is 278 g/mol. The summed E-state index contributed by atoms with van der Waals surface area (Å²) >= 11 is 0. The second-order valence-electron chi connectivity index (χ2n) is 4.59. The normalized spacial score (nSPS) is 11.5. The Morgan fingerprint density at radius 1 is 0.905 bits per heavy atom. The van der Waals surface area contributed by atoms with Crippen LogP contribution in [0.2, 0.25) is 0 Å². The van der Waals surface area contributed by atoms with E-state index in [2.05, 4.69) is 5.16 Å². The number of amidine groups is 1. The van der Waals surface area contributed by atoms with Crippen molar-refractivity contribution in [1.82, 2.24) is 0 Å². The van der Waals surface area contributed by atoms with Gasteiger partial charge in [-0.3, -0.25) is 0 Å². The van der Waals surface area contributed by atoms with Crippen LogP contribution < -0.4 is 10.5 Å². The molecule has 0 spiro atoms. The Bertz CT molecular complexity index is 813. The Hall–Kier alpha value is -3.01. The van der Waals surface area contributed by atoms with Gasteiger partial charge in [0.05, 0.1) is 5.56 Å². The molecule has 0 saturated carbocycles. The van der Waals surface area contributed by atoms with Crippen molar-refractivity contribution >= 4 is 16.6 Å². The zero-order valence-corrected chi connectivity index (χ0v) is 11.2. The van der Waals surface area contributed by atoms with E-state index in [1.165, 1.54) is 0 Å². The lowest BCUT2D eigenvalue weighted by Gasteiger charge is -2.10. The molecule has 0 unspecified atom stereocenters. The molecule has 0 aliphatic heterocycles. The first kappa shape index (κ1) is 13.0. The number of hydrogen-bond donors (Lipinski definition) is 2. The average Bonchev–Trinajstić information content (AvgIpc) is 2.54. The predicted octanol–water partition coefficient (Wildman–Crippen LogP) is 3.73. The van der Waals surface area contributed by atoms with Crippen LogP contribution >= 0.6 is 0 Å². The molecule has 4 heteroatoms. The molecular weight excluding hydrogens is 264 g/mol. The van der Waals surface area contributed by atoms with E-state index >= 15 is 0 Å². The summed E-state index contributed by atoms with van der Waals surface area (Å²) in [5.74, 6) is 1.27. The Balaban J connectivity index is 1.99. The van der Waals surface area contributed by atoms with Crippen molar-refractivity contribution in [2.24, 2.45) is 10.9 Å². The van der Waals surface area contributed by atoms with Crippen LogP contribution in [0.15, 0.2) is 71.9 Å². The summed E-state index contributed by atoms with van der Waals surface area (Å²) in [5, 5.41) is 14.1. The van der Waals surface area contributed by atoms with Crippen molar-refractivity contribution in [2.45, 2.75) is 0 Å². The van der Waals surface area contributed by atoms with Crippen LogP contribution in [0.5, 0.6) is 11.5 Å². The highest BCUT2D eigenvalue weighted by molar-refractivity contribution is 5.99. The Kier molecular flexibility index (Phi) is 3.43. The Morgan fingerprint density at radius 2 is 1.62 bits per heavy atom. The third-order valence-corrected chi connectivity index (χ3v) is 3.22. The van der Waals surface area contributed by atoms with Crippen molar-refractivity contribution in [2.75, 3.05) is 0 Å². The van der Waals surface area contributed by atoms with Gasteiger partial charge in [0, 0.05) is 0 Å². The number of ether oxygens (including phenoxy) is 1. The minimum Gasteiger partial charge on any atom is -0.457 e. The van der Waals surface area contributed by atoms with Crippen LogP contribution in [0.25, 0.3) is 10.8 Å². The van der Waals surface area contributed by atoms with Gasteiger partial charge < -0.3 is 15.7 Å². The fraction of sp³-hybridized carbons (Fsp3) is 0. The summed E-state index contributed by atoms with van der Waals surface area (Å²) in [6.45, 7) is 0. The molecule has 0 amide bonds. The second-order valence-corrected chi connectivity index (χ2v) is 4.59. The van der Waals surface area contributed by atoms with E-state index in [-0.39, 0.29) is 5.84 Å². The topological polar surface area (TPSA) is 67.8 Å². The molecule has 3 aromatic rings. The fourth-order valence-electron chi connectivity index (χ4n) is 2.18. The number of hydrogen-bond acceptors (Lipinski definition) is 3. The quantitative estimate of drug-likeness (QED) is 0.332. The third kappa shape index (κ3) is 2.65. The largest absolute Gasteiger partial charge is 0.457 e. The number of benzene rings is 3. The lowest BCUT2D eigenvalue weighted by molar-refractivity contribution is 0.318. The number of nitrogens with two attached hydrogens (primary N) is 1. The first-order chi connectivity index (χ1) is 10.3. The molecule has 0 saturated heterocycles. The van der Waals surface area contributed by atoms with Gasteiger partial charge in [-0.1, -0.05) is 47.6 Å². The van der Waals surface area contributed by atoms with Crippen LogP contribution in [0, 0.1) is 0 Å². The molecule has 0 aliphatic rings. The molecule has 0 aliphatic carbocycles. The average molecular weight is 278 g/mol. The molecule has 3 rings (SSSR count). The SMILES string of the molecule is N/C(=N\O)c1ccccc1Oc1ccc2ccccc2c1. The Labute approximate surface area is 122 Å². The number of fused-ring (bicyclic) bond motifs is 1.